The van der Waals surface area contributed by atoms with Crippen LogP contribution in [0.2, 0.25) is 0 Å². The third-order valence-electron chi connectivity index (χ3n) is 4.21. The normalized spacial score (nSPS) is 15.1. The number of phenols is 1. The zero-order chi connectivity index (χ0) is 20.3. The smallest absolute Gasteiger partial charge is 0.335 e. The number of anilines is 1. The molecule has 2 aromatic carbocycles. The minimum Gasteiger partial charge on any atom is -0.507 e. The molecule has 0 spiro atoms. The van der Waals surface area contributed by atoms with Crippen molar-refractivity contribution >= 4 is 27.6 Å². The van der Waals surface area contributed by atoms with E-state index in [4.69, 9.17) is 9.84 Å². The van der Waals surface area contributed by atoms with Gasteiger partial charge in [0.05, 0.1) is 29.2 Å². The molecule has 0 bridgehead atoms. The Morgan fingerprint density at radius 1 is 1.04 bits per heavy atom. The maximum absolute atomic E-state index is 12.7. The Kier molecular flexibility index (Phi) is 5.63. The Bertz CT molecular complexity index is 997. The molecule has 9 nitrogen and oxygen atoms in total. The Hall–Kier alpha value is -2.95. The van der Waals surface area contributed by atoms with E-state index in [0.717, 1.165) is 12.1 Å². The number of phenolic OH excluding ortho intramolecular Hbond substituents is 1. The minimum absolute atomic E-state index is 0.0550. The maximum Gasteiger partial charge on any atom is 0.335 e. The Balaban J connectivity index is 1.84. The van der Waals surface area contributed by atoms with E-state index in [1.807, 2.05) is 0 Å². The van der Waals surface area contributed by atoms with Gasteiger partial charge in [-0.1, -0.05) is 0 Å². The van der Waals surface area contributed by atoms with Crippen LogP contribution < -0.4 is 5.32 Å². The van der Waals surface area contributed by atoms with Crippen molar-refractivity contribution < 1.29 is 33.0 Å². The number of carboxylic acid groups (broad SMARTS) is 1. The summed E-state index contributed by atoms with van der Waals surface area (Å²) in [6.45, 7) is 0.995. The number of ether oxygens (including phenoxy) is 1. The second kappa shape index (κ2) is 7.97. The van der Waals surface area contributed by atoms with Crippen molar-refractivity contribution in [1.82, 2.24) is 4.31 Å². The summed E-state index contributed by atoms with van der Waals surface area (Å²) in [6.07, 6.45) is 0. The fraction of sp³-hybridized carbons (Fsp3) is 0.222. The average molecular weight is 406 g/mol. The predicted molar refractivity (Wildman–Crippen MR) is 99.0 cm³/mol. The van der Waals surface area contributed by atoms with Gasteiger partial charge in [0.25, 0.3) is 5.91 Å². The predicted octanol–water partition coefficient (Wildman–Crippen LogP) is 1.36. The first-order valence-electron chi connectivity index (χ1n) is 8.34. The van der Waals surface area contributed by atoms with Gasteiger partial charge < -0.3 is 20.3 Å². The summed E-state index contributed by atoms with van der Waals surface area (Å²) in [5, 5.41) is 21.4. The SMILES string of the molecule is O=C(O)c1ccc(NC(=O)c2cc(S(=O)(=O)N3CCOCC3)ccc2O)cc1. The lowest BCUT2D eigenvalue weighted by molar-refractivity contribution is 0.0696. The number of carbonyl (C=O) groups is 2. The van der Waals surface area contributed by atoms with Gasteiger partial charge in [-0.25, -0.2) is 13.2 Å². The van der Waals surface area contributed by atoms with Gasteiger partial charge in [-0.05, 0) is 42.5 Å². The average Bonchev–Trinajstić information content (AvgIpc) is 2.69. The first-order chi connectivity index (χ1) is 13.3. The van der Waals surface area contributed by atoms with Gasteiger partial charge in [0.1, 0.15) is 5.75 Å². The van der Waals surface area contributed by atoms with Crippen LogP contribution in [0.1, 0.15) is 20.7 Å². The number of nitrogens with one attached hydrogen (secondary N) is 1. The molecular weight excluding hydrogens is 388 g/mol. The maximum atomic E-state index is 12.7. The van der Waals surface area contributed by atoms with Crippen LogP contribution in [0, 0.1) is 0 Å². The number of carbonyl (C=O) groups excluding carboxylic acids is 1. The van der Waals surface area contributed by atoms with Crippen molar-refractivity contribution in [2.75, 3.05) is 31.6 Å². The van der Waals surface area contributed by atoms with Gasteiger partial charge in [0.15, 0.2) is 0 Å². The van der Waals surface area contributed by atoms with E-state index >= 15 is 0 Å². The molecule has 1 aliphatic heterocycles. The van der Waals surface area contributed by atoms with Crippen LogP contribution in [0.4, 0.5) is 5.69 Å². The third-order valence-corrected chi connectivity index (χ3v) is 6.10. The number of hydrogen-bond acceptors (Lipinski definition) is 6. The summed E-state index contributed by atoms with van der Waals surface area (Å²) in [7, 11) is -3.83. The quantitative estimate of drug-likeness (QED) is 0.683. The lowest BCUT2D eigenvalue weighted by atomic mass is 10.1. The highest BCUT2D eigenvalue weighted by molar-refractivity contribution is 7.89. The lowest BCUT2D eigenvalue weighted by Gasteiger charge is -2.26. The van der Waals surface area contributed by atoms with Gasteiger partial charge in [0, 0.05) is 18.8 Å². The Morgan fingerprint density at radius 3 is 2.29 bits per heavy atom. The zero-order valence-corrected chi connectivity index (χ0v) is 15.5. The van der Waals surface area contributed by atoms with Crippen LogP contribution in [0.5, 0.6) is 5.75 Å². The molecule has 1 fully saturated rings. The minimum atomic E-state index is -3.83. The van der Waals surface area contributed by atoms with Crippen molar-refractivity contribution in [3.8, 4) is 5.75 Å². The summed E-state index contributed by atoms with van der Waals surface area (Å²) in [4.78, 5) is 23.3. The molecule has 1 saturated heterocycles. The van der Waals surface area contributed by atoms with Gasteiger partial charge in [-0.3, -0.25) is 4.79 Å². The molecule has 0 aliphatic carbocycles. The number of morpholine rings is 1. The first kappa shape index (κ1) is 19.8. The van der Waals surface area contributed by atoms with Crippen LogP contribution in [-0.2, 0) is 14.8 Å². The molecule has 0 atom stereocenters. The number of rotatable bonds is 5. The third kappa shape index (κ3) is 4.14. The molecule has 2 aromatic rings. The Morgan fingerprint density at radius 2 is 1.68 bits per heavy atom. The number of benzene rings is 2. The molecule has 28 heavy (non-hydrogen) atoms. The second-order valence-electron chi connectivity index (χ2n) is 6.03. The largest absolute Gasteiger partial charge is 0.507 e. The van der Waals surface area contributed by atoms with Crippen LogP contribution in [-0.4, -0.2) is 61.1 Å². The number of hydrogen-bond donors (Lipinski definition) is 3. The highest BCUT2D eigenvalue weighted by atomic mass is 32.2. The summed E-state index contributed by atoms with van der Waals surface area (Å²) in [5.74, 6) is -2.20. The highest BCUT2D eigenvalue weighted by Crippen LogP contribution is 2.25. The molecule has 1 heterocycles. The van der Waals surface area contributed by atoms with Crippen LogP contribution in [0.15, 0.2) is 47.4 Å². The molecule has 1 aliphatic rings. The molecule has 10 heteroatoms. The number of amides is 1. The van der Waals surface area contributed by atoms with Crippen LogP contribution >= 0.6 is 0 Å². The number of aromatic hydroxyl groups is 1. The van der Waals surface area contributed by atoms with E-state index in [1.54, 1.807) is 0 Å². The lowest BCUT2D eigenvalue weighted by Crippen LogP contribution is -2.40. The standard InChI is InChI=1S/C18H18N2O7S/c21-16-6-5-14(28(25,26)20-7-9-27-10-8-20)11-15(16)17(22)19-13-3-1-12(2-4-13)18(23)24/h1-6,11,21H,7-10H2,(H,19,22)(H,23,24). The molecule has 0 saturated carbocycles. The molecule has 1 amide bonds. The number of nitrogens with zero attached hydrogens (tertiary/aromatic N) is 1. The zero-order valence-electron chi connectivity index (χ0n) is 14.7. The first-order valence-corrected chi connectivity index (χ1v) is 9.78. The molecule has 0 unspecified atom stereocenters. The van der Waals surface area contributed by atoms with E-state index in [-0.39, 0.29) is 48.1 Å². The molecule has 3 N–H and O–H groups in total. The van der Waals surface area contributed by atoms with Crippen LogP contribution in [0.25, 0.3) is 0 Å². The fourth-order valence-electron chi connectivity index (χ4n) is 2.69. The summed E-state index contributed by atoms with van der Waals surface area (Å²) >= 11 is 0. The summed E-state index contributed by atoms with van der Waals surface area (Å²) in [5.41, 5.74) is 0.145. The van der Waals surface area contributed by atoms with Gasteiger partial charge in [0.2, 0.25) is 10.0 Å². The van der Waals surface area contributed by atoms with Crippen molar-refractivity contribution in [2.45, 2.75) is 4.90 Å². The van der Waals surface area contributed by atoms with Crippen molar-refractivity contribution in [3.05, 3.63) is 53.6 Å². The van der Waals surface area contributed by atoms with E-state index in [0.29, 0.717) is 5.69 Å². The topological polar surface area (TPSA) is 133 Å². The summed E-state index contributed by atoms with van der Waals surface area (Å²) < 4.78 is 31.9. The number of sulfonamides is 1. The molecular formula is C18H18N2O7S. The van der Waals surface area contributed by atoms with E-state index in [1.165, 1.54) is 34.6 Å². The molecule has 3 rings (SSSR count). The van der Waals surface area contributed by atoms with E-state index in [9.17, 15) is 23.1 Å². The van der Waals surface area contributed by atoms with Crippen molar-refractivity contribution in [3.63, 3.8) is 0 Å². The van der Waals surface area contributed by atoms with E-state index < -0.39 is 21.9 Å². The fourth-order valence-corrected chi connectivity index (χ4v) is 4.12. The van der Waals surface area contributed by atoms with Crippen molar-refractivity contribution in [1.29, 1.82) is 0 Å². The Labute approximate surface area is 161 Å². The molecule has 0 radical (unpaired) electrons. The van der Waals surface area contributed by atoms with E-state index in [2.05, 4.69) is 5.32 Å². The highest BCUT2D eigenvalue weighted by Gasteiger charge is 2.27. The van der Waals surface area contributed by atoms with Crippen LogP contribution in [0.3, 0.4) is 0 Å². The van der Waals surface area contributed by atoms with Gasteiger partial charge in [-0.15, -0.1) is 0 Å². The molecule has 0 aromatic heterocycles. The monoisotopic (exact) mass is 406 g/mol. The van der Waals surface area contributed by atoms with Gasteiger partial charge >= 0.3 is 5.97 Å². The van der Waals surface area contributed by atoms with Gasteiger partial charge in [-0.2, -0.15) is 4.31 Å². The molecule has 148 valence electrons. The second-order valence-corrected chi connectivity index (χ2v) is 7.97. The number of aromatic carboxylic acids is 1. The van der Waals surface area contributed by atoms with Crippen molar-refractivity contribution in [2.24, 2.45) is 0 Å². The summed E-state index contributed by atoms with van der Waals surface area (Å²) in [6, 6.07) is 8.92. The number of carboxylic acids is 1.